The maximum Gasteiger partial charge on any atom is 0.512 e. The molecule has 5 rings (SSSR count). The van der Waals surface area contributed by atoms with E-state index in [9.17, 15) is 14.0 Å². The second-order valence-corrected chi connectivity index (χ2v) is 12.1. The molecule has 16 heteroatoms. The van der Waals surface area contributed by atoms with Crippen LogP contribution in [0.3, 0.4) is 0 Å². The molecule has 0 saturated carbocycles. The molecule has 0 aliphatic heterocycles. The fourth-order valence-electron chi connectivity index (χ4n) is 5.00. The van der Waals surface area contributed by atoms with Gasteiger partial charge < -0.3 is 29.7 Å². The molecule has 0 radical (unpaired) electrons. The zero-order valence-electron chi connectivity index (χ0n) is 28.2. The summed E-state index contributed by atoms with van der Waals surface area (Å²) >= 11 is 1.23. The zero-order chi connectivity index (χ0) is 37.5. The first kappa shape index (κ1) is 39.2. The van der Waals surface area contributed by atoms with E-state index >= 15 is 4.39 Å². The van der Waals surface area contributed by atoms with Crippen LogP contribution in [0.1, 0.15) is 44.9 Å². The number of halogens is 2. The number of hydrogen-bond acceptors (Lipinski definition) is 13. The van der Waals surface area contributed by atoms with Crippen LogP contribution in [0.15, 0.2) is 84.8 Å². The van der Waals surface area contributed by atoms with E-state index in [2.05, 4.69) is 21.5 Å². The number of aryl methyl sites for hydroxylation is 1. The molecule has 52 heavy (non-hydrogen) atoms. The quantitative estimate of drug-likeness (QED) is 0.0783. The molecule has 0 aliphatic carbocycles. The number of aromatic nitrogens is 4. The molecule has 0 bridgehead atoms. The first-order chi connectivity index (χ1) is 25.1. The van der Waals surface area contributed by atoms with Crippen LogP contribution < -0.4 is 5.32 Å². The van der Waals surface area contributed by atoms with Crippen LogP contribution in [0.4, 0.5) is 13.6 Å². The Morgan fingerprint density at radius 2 is 1.81 bits per heavy atom. The molecule has 5 aromatic rings. The highest BCUT2D eigenvalue weighted by Gasteiger charge is 2.47. The summed E-state index contributed by atoms with van der Waals surface area (Å²) in [6, 6.07) is 18.4. The smallest absolute Gasteiger partial charge is 0.424 e. The van der Waals surface area contributed by atoms with E-state index in [4.69, 9.17) is 34.7 Å². The number of esters is 1. The molecule has 272 valence electrons. The number of benzene rings is 3. The lowest BCUT2D eigenvalue weighted by molar-refractivity contribution is -0.0881. The minimum atomic E-state index is -1.90. The third kappa shape index (κ3) is 10.5. The van der Waals surface area contributed by atoms with Gasteiger partial charge in [0.15, 0.2) is 5.60 Å². The molecular formula is C36H36F2N6O7S. The van der Waals surface area contributed by atoms with Gasteiger partial charge in [0, 0.05) is 35.7 Å². The summed E-state index contributed by atoms with van der Waals surface area (Å²) in [7, 11) is 0. The largest absolute Gasteiger partial charge is 0.512 e. The van der Waals surface area contributed by atoms with Gasteiger partial charge in [0.2, 0.25) is 6.79 Å². The summed E-state index contributed by atoms with van der Waals surface area (Å²) in [5.41, 5.74) is 0.816. The Morgan fingerprint density at radius 1 is 1.06 bits per heavy atom. The van der Waals surface area contributed by atoms with Crippen LogP contribution >= 0.6 is 11.3 Å². The summed E-state index contributed by atoms with van der Waals surface area (Å²) in [4.78, 5) is 34.3. The zero-order valence-corrected chi connectivity index (χ0v) is 29.1. The summed E-state index contributed by atoms with van der Waals surface area (Å²) in [6.45, 7) is 3.85. The summed E-state index contributed by atoms with van der Waals surface area (Å²) in [5, 5.41) is 34.5. The van der Waals surface area contributed by atoms with E-state index in [1.165, 1.54) is 34.7 Å². The molecular weight excluding hydrogens is 698 g/mol. The number of ether oxygens (including phenoxy) is 3. The van der Waals surface area contributed by atoms with Crippen LogP contribution in [0.25, 0.3) is 11.3 Å². The molecule has 0 unspecified atom stereocenters. The van der Waals surface area contributed by atoms with Gasteiger partial charge >= 0.3 is 12.1 Å². The monoisotopic (exact) mass is 734 g/mol. The molecule has 2 atom stereocenters. The molecule has 13 nitrogen and oxygen atoms in total. The van der Waals surface area contributed by atoms with Crippen molar-refractivity contribution in [2.24, 2.45) is 0 Å². The molecule has 0 amide bonds. The molecule has 0 aliphatic rings. The highest BCUT2D eigenvalue weighted by atomic mass is 32.1. The van der Waals surface area contributed by atoms with E-state index in [0.29, 0.717) is 35.4 Å². The van der Waals surface area contributed by atoms with Gasteiger partial charge in [0.1, 0.15) is 29.3 Å². The van der Waals surface area contributed by atoms with Crippen LogP contribution in [-0.4, -0.2) is 75.2 Å². The third-order valence-electron chi connectivity index (χ3n) is 7.62. The van der Waals surface area contributed by atoms with Gasteiger partial charge in [0.25, 0.3) is 0 Å². The predicted octanol–water partition coefficient (Wildman–Crippen LogP) is 5.09. The first-order valence-corrected chi connectivity index (χ1v) is 16.7. The maximum absolute atomic E-state index is 15.6. The topological polar surface area (TPSA) is 182 Å². The van der Waals surface area contributed by atoms with Crippen LogP contribution in [-0.2, 0) is 26.4 Å². The van der Waals surface area contributed by atoms with Gasteiger partial charge in [-0.3, -0.25) is 0 Å². The number of rotatable bonds is 14. The van der Waals surface area contributed by atoms with Gasteiger partial charge in [0.05, 0.1) is 48.6 Å². The molecule has 0 saturated heterocycles. The molecule has 2 aromatic heterocycles. The Hall–Kier alpha value is -5.60. The second-order valence-electron chi connectivity index (χ2n) is 11.2. The Kier molecular flexibility index (Phi) is 14.4. The fourth-order valence-corrected chi connectivity index (χ4v) is 5.97. The van der Waals surface area contributed by atoms with Crippen molar-refractivity contribution in [1.82, 2.24) is 25.1 Å². The van der Waals surface area contributed by atoms with Crippen molar-refractivity contribution in [2.75, 3.05) is 33.1 Å². The van der Waals surface area contributed by atoms with Crippen molar-refractivity contribution < 1.29 is 42.8 Å². The van der Waals surface area contributed by atoms with E-state index in [0.717, 1.165) is 17.2 Å². The number of nitriles is 1. The average Bonchev–Trinajstić information content (AvgIpc) is 3.85. The van der Waals surface area contributed by atoms with Crippen LogP contribution in [0.5, 0.6) is 0 Å². The molecule has 3 aromatic carbocycles. The normalized spacial score (nSPS) is 12.4. The van der Waals surface area contributed by atoms with Gasteiger partial charge in [-0.25, -0.2) is 33.0 Å². The summed E-state index contributed by atoms with van der Waals surface area (Å²) < 4.78 is 47.1. The summed E-state index contributed by atoms with van der Waals surface area (Å²) in [5.74, 6) is -3.40. The Morgan fingerprint density at radius 3 is 2.44 bits per heavy atom. The molecule has 0 spiro atoms. The fraction of sp³-hybridized carbons (Fsp3) is 0.278. The van der Waals surface area contributed by atoms with Crippen LogP contribution in [0.2, 0.25) is 0 Å². The summed E-state index contributed by atoms with van der Waals surface area (Å²) in [6.07, 6.45) is 1.32. The van der Waals surface area contributed by atoms with Crippen molar-refractivity contribution in [2.45, 2.75) is 31.9 Å². The van der Waals surface area contributed by atoms with Gasteiger partial charge in [-0.05, 0) is 43.3 Å². The first-order valence-electron chi connectivity index (χ1n) is 15.9. The van der Waals surface area contributed by atoms with E-state index in [1.54, 1.807) is 54.8 Å². The number of hydrogen-bond donors (Lipinski definition) is 3. The lowest BCUT2D eigenvalue weighted by Crippen LogP contribution is -2.43. The minimum absolute atomic E-state index is 0.139. The standard InChI is InChI=1S/C32H25F2N5O5S.C4H11NO2/c1-20-4-3-5-24(12-20)30(40)42-19-43-31(41)44-32(16-39-18-36-17-37-39,26-11-10-25(33)13-27(26)34)21(2)29-38-28(15-45-29)23-8-6-22(14-35)7-9-23;6-3-1-5-2-4-7/h3-13,15,17-18,21H,16,19H2,1-2H3;5-7H,1-4H2/t21-,32+;/m0./s1. The van der Waals surface area contributed by atoms with E-state index in [-0.39, 0.29) is 30.9 Å². The second kappa shape index (κ2) is 19.1. The van der Waals surface area contributed by atoms with Crippen molar-refractivity contribution in [3.8, 4) is 17.3 Å². The van der Waals surface area contributed by atoms with Gasteiger partial charge in [-0.15, -0.1) is 11.3 Å². The third-order valence-corrected chi connectivity index (χ3v) is 8.64. The van der Waals surface area contributed by atoms with Gasteiger partial charge in [-0.2, -0.15) is 10.4 Å². The molecule has 0 fully saturated rings. The number of nitrogens with zero attached hydrogens (tertiary/aromatic N) is 5. The number of aliphatic hydroxyl groups is 2. The van der Waals surface area contributed by atoms with Gasteiger partial charge in [-0.1, -0.05) is 36.8 Å². The number of aliphatic hydroxyl groups excluding tert-OH is 2. The number of carbonyl (C=O) groups is 2. The van der Waals surface area contributed by atoms with Crippen molar-refractivity contribution >= 4 is 23.5 Å². The lowest BCUT2D eigenvalue weighted by Gasteiger charge is -2.37. The van der Waals surface area contributed by atoms with Crippen molar-refractivity contribution in [1.29, 1.82) is 5.26 Å². The highest BCUT2D eigenvalue weighted by Crippen LogP contribution is 2.45. The predicted molar refractivity (Wildman–Crippen MR) is 185 cm³/mol. The van der Waals surface area contributed by atoms with Crippen molar-refractivity contribution in [3.63, 3.8) is 0 Å². The molecule has 2 heterocycles. The molecule has 3 N–H and O–H groups in total. The highest BCUT2D eigenvalue weighted by molar-refractivity contribution is 7.10. The van der Waals surface area contributed by atoms with E-state index in [1.807, 2.05) is 13.0 Å². The Labute approximate surface area is 302 Å². The number of thiazole rings is 1. The Balaban J connectivity index is 0.000000785. The minimum Gasteiger partial charge on any atom is -0.424 e. The Bertz CT molecular complexity index is 1950. The average molecular weight is 735 g/mol. The van der Waals surface area contributed by atoms with Crippen LogP contribution in [0, 0.1) is 29.9 Å². The number of carbonyl (C=O) groups excluding carboxylic acids is 2. The van der Waals surface area contributed by atoms with Crippen molar-refractivity contribution in [3.05, 3.63) is 124 Å². The SMILES string of the molecule is Cc1cccc(C(=O)OCOC(=O)O[C@@](Cn2cncn2)(c2ccc(F)cc2F)[C@@H](C)c2nc(-c3ccc(C#N)cc3)cs2)c1.OCCNCCO. The maximum atomic E-state index is 15.6. The van der Waals surface area contributed by atoms with E-state index < -0.39 is 42.1 Å². The lowest BCUT2D eigenvalue weighted by atomic mass is 9.81. The number of nitrogens with one attached hydrogen (secondary N) is 1.